The van der Waals surface area contributed by atoms with Crippen molar-refractivity contribution in [3.05, 3.63) is 83.7 Å². The molecule has 310 valence electrons. The number of fused-ring (bicyclic) bond motifs is 5. The number of likely N-dealkylation sites (tertiary alicyclic amines) is 2. The van der Waals surface area contributed by atoms with Crippen LogP contribution in [0.2, 0.25) is 0 Å². The van der Waals surface area contributed by atoms with Crippen LogP contribution in [0.4, 0.5) is 9.59 Å². The molecule has 0 radical (unpaired) electrons. The molecule has 4 aliphatic rings. The van der Waals surface area contributed by atoms with Crippen LogP contribution in [0.5, 0.6) is 0 Å². The number of benzene rings is 2. The van der Waals surface area contributed by atoms with Crippen molar-refractivity contribution < 1.29 is 28.7 Å². The summed E-state index contributed by atoms with van der Waals surface area (Å²) in [7, 11) is 2.60. The molecule has 4 N–H and O–H groups in total. The van der Waals surface area contributed by atoms with E-state index in [2.05, 4.69) is 69.2 Å². The fourth-order valence-corrected chi connectivity index (χ4v) is 9.56. The number of imidazole rings is 2. The minimum Gasteiger partial charge on any atom is -0.453 e. The predicted molar refractivity (Wildman–Crippen MR) is 222 cm³/mol. The van der Waals surface area contributed by atoms with Crippen molar-refractivity contribution in [1.82, 2.24) is 40.4 Å². The predicted octanol–water partition coefficient (Wildman–Crippen LogP) is 7.36. The van der Waals surface area contributed by atoms with Gasteiger partial charge in [0.05, 0.1) is 50.1 Å². The summed E-state index contributed by atoms with van der Waals surface area (Å²) in [6.45, 7) is 8.84. The maximum absolute atomic E-state index is 13.8. The van der Waals surface area contributed by atoms with Gasteiger partial charge in [-0.2, -0.15) is 0 Å². The SMILES string of the molecule is COC(=O)NC(C(=O)N1CCC[C@H]1c1ncc(-c2ccc(-c3ccc(-c4cnc([C@@H]5CCCN5C(=O)C(NC(=O)OC)C(C)C)[nH]4)c4c3C3C=CC4C3)cc2)[nH]1)C(C)C. The number of carbonyl (C=O) groups excluding carboxylic acids is 4. The first-order valence-electron chi connectivity index (χ1n) is 20.8. The molecule has 4 heterocycles. The summed E-state index contributed by atoms with van der Waals surface area (Å²) in [6, 6.07) is 11.2. The van der Waals surface area contributed by atoms with Crippen LogP contribution >= 0.6 is 0 Å². The summed E-state index contributed by atoms with van der Waals surface area (Å²) in [4.78, 5) is 71.8. The zero-order valence-electron chi connectivity index (χ0n) is 34.6. The van der Waals surface area contributed by atoms with Gasteiger partial charge >= 0.3 is 12.2 Å². The van der Waals surface area contributed by atoms with E-state index >= 15 is 0 Å². The third-order valence-electron chi connectivity index (χ3n) is 12.6. The minimum absolute atomic E-state index is 0.107. The highest BCUT2D eigenvalue weighted by Gasteiger charge is 2.40. The average molecular weight is 803 g/mol. The highest BCUT2D eigenvalue weighted by molar-refractivity contribution is 5.87. The van der Waals surface area contributed by atoms with Gasteiger partial charge < -0.3 is 39.9 Å². The molecular weight excluding hydrogens is 749 g/mol. The van der Waals surface area contributed by atoms with Crippen LogP contribution in [0.25, 0.3) is 33.6 Å². The van der Waals surface area contributed by atoms with Crippen LogP contribution < -0.4 is 10.6 Å². The molecule has 0 spiro atoms. The van der Waals surface area contributed by atoms with Crippen LogP contribution in [-0.2, 0) is 19.1 Å². The third-order valence-corrected chi connectivity index (χ3v) is 12.6. The number of H-pyrrole nitrogens is 2. The number of nitrogens with zero attached hydrogens (tertiary/aromatic N) is 4. The molecule has 8 rings (SSSR count). The monoisotopic (exact) mass is 802 g/mol. The van der Waals surface area contributed by atoms with Gasteiger partial charge in [-0.15, -0.1) is 0 Å². The van der Waals surface area contributed by atoms with Gasteiger partial charge in [-0.25, -0.2) is 19.6 Å². The number of alkyl carbamates (subject to hydrolysis) is 2. The Hall–Kier alpha value is -5.92. The van der Waals surface area contributed by atoms with Gasteiger partial charge in [0, 0.05) is 30.5 Å². The Morgan fingerprint density at radius 3 is 1.63 bits per heavy atom. The number of amides is 4. The zero-order valence-corrected chi connectivity index (χ0v) is 34.6. The van der Waals surface area contributed by atoms with Crippen LogP contribution in [-0.4, -0.2) is 93.1 Å². The molecule has 6 atom stereocenters. The lowest BCUT2D eigenvalue weighted by molar-refractivity contribution is -0.136. The molecule has 14 heteroatoms. The Morgan fingerprint density at radius 2 is 1.12 bits per heavy atom. The fourth-order valence-electron chi connectivity index (χ4n) is 9.56. The molecule has 59 heavy (non-hydrogen) atoms. The number of carbonyl (C=O) groups is 4. The van der Waals surface area contributed by atoms with Crippen LogP contribution in [0.1, 0.15) is 106 Å². The molecule has 2 aromatic heterocycles. The Labute approximate surface area is 344 Å². The standard InChI is InChI=1S/C45H54N8O6/c1-24(2)38(50-44(56)58-5)42(54)52-19-7-9-34(52)40-46-22-32(48-40)27-13-11-26(12-14-27)30-17-18-31(37-29-16-15-28(21-29)36(30)37)33-23-47-41(49-33)35-10-8-20-53(35)43(55)39(25(3)4)51-45(57)59-6/h11-18,22-25,28-29,34-35,38-39H,7-10,19-21H2,1-6H3,(H,46,48)(H,47,49)(H,50,56)(H,51,57)/t28?,29?,34-,35-,38?,39?/m0/s1. The highest BCUT2D eigenvalue weighted by Crippen LogP contribution is 2.55. The second-order valence-corrected chi connectivity index (χ2v) is 16.9. The lowest BCUT2D eigenvalue weighted by Crippen LogP contribution is -2.51. The molecular formula is C45H54N8O6. The Kier molecular flexibility index (Phi) is 11.1. The number of hydrogen-bond acceptors (Lipinski definition) is 8. The van der Waals surface area contributed by atoms with E-state index in [1.54, 1.807) is 0 Å². The largest absolute Gasteiger partial charge is 0.453 e. The number of ether oxygens (including phenoxy) is 2. The Bertz CT molecular complexity index is 2260. The average Bonchev–Trinajstić information content (AvgIpc) is 4.10. The molecule has 2 aromatic carbocycles. The van der Waals surface area contributed by atoms with Gasteiger partial charge in [-0.3, -0.25) is 9.59 Å². The van der Waals surface area contributed by atoms with Crippen LogP contribution in [0.3, 0.4) is 0 Å². The molecule has 4 aromatic rings. The van der Waals surface area contributed by atoms with Gasteiger partial charge in [0.2, 0.25) is 11.8 Å². The summed E-state index contributed by atoms with van der Waals surface area (Å²) in [5.41, 5.74) is 8.95. The smallest absolute Gasteiger partial charge is 0.407 e. The lowest BCUT2D eigenvalue weighted by atomic mass is 9.85. The Balaban J connectivity index is 1.01. The molecule has 2 aliphatic heterocycles. The van der Waals surface area contributed by atoms with Crippen molar-refractivity contribution in [1.29, 1.82) is 0 Å². The normalized spacial score (nSPS) is 21.6. The summed E-state index contributed by atoms with van der Waals surface area (Å²) >= 11 is 0. The third kappa shape index (κ3) is 7.49. The van der Waals surface area contributed by atoms with Gasteiger partial charge in [0.25, 0.3) is 0 Å². The molecule has 0 saturated carbocycles. The first-order chi connectivity index (χ1) is 28.5. The van der Waals surface area contributed by atoms with E-state index in [0.717, 1.165) is 71.8 Å². The first-order valence-corrected chi connectivity index (χ1v) is 20.8. The molecule has 4 amide bonds. The number of methoxy groups -OCH3 is 2. The molecule has 2 aliphatic carbocycles. The topological polar surface area (TPSA) is 175 Å². The van der Waals surface area contributed by atoms with E-state index in [4.69, 9.17) is 19.4 Å². The van der Waals surface area contributed by atoms with E-state index in [-0.39, 0.29) is 35.7 Å². The number of aromatic nitrogens is 4. The van der Waals surface area contributed by atoms with E-state index < -0.39 is 24.3 Å². The quantitative estimate of drug-likeness (QED) is 0.114. The summed E-state index contributed by atoms with van der Waals surface area (Å²) in [6.07, 6.45) is 11.5. The fraction of sp³-hybridized carbons (Fsp3) is 0.467. The lowest BCUT2D eigenvalue weighted by Gasteiger charge is -2.30. The van der Waals surface area contributed by atoms with Gasteiger partial charge in [0.1, 0.15) is 23.7 Å². The number of allylic oxidation sites excluding steroid dienone is 2. The second-order valence-electron chi connectivity index (χ2n) is 16.9. The van der Waals surface area contributed by atoms with Gasteiger partial charge in [-0.05, 0) is 71.8 Å². The highest BCUT2D eigenvalue weighted by atomic mass is 16.5. The molecule has 2 bridgehead atoms. The number of rotatable bonds is 11. The zero-order chi connectivity index (χ0) is 41.5. The summed E-state index contributed by atoms with van der Waals surface area (Å²) in [5, 5.41) is 5.44. The summed E-state index contributed by atoms with van der Waals surface area (Å²) < 4.78 is 9.58. The molecule has 4 unspecified atom stereocenters. The number of aromatic amines is 2. The summed E-state index contributed by atoms with van der Waals surface area (Å²) in [5.74, 6) is 1.65. The number of nitrogens with one attached hydrogen (secondary N) is 4. The van der Waals surface area contributed by atoms with E-state index in [0.29, 0.717) is 24.9 Å². The van der Waals surface area contributed by atoms with Crippen LogP contribution in [0.15, 0.2) is 60.9 Å². The van der Waals surface area contributed by atoms with Crippen molar-refractivity contribution in [3.8, 4) is 33.6 Å². The van der Waals surface area contributed by atoms with Crippen molar-refractivity contribution in [2.24, 2.45) is 11.8 Å². The molecule has 2 fully saturated rings. The Morgan fingerprint density at radius 1 is 0.661 bits per heavy atom. The van der Waals surface area contributed by atoms with Crippen molar-refractivity contribution in [3.63, 3.8) is 0 Å². The van der Waals surface area contributed by atoms with Gasteiger partial charge in [-0.1, -0.05) is 76.2 Å². The maximum Gasteiger partial charge on any atom is 0.407 e. The van der Waals surface area contributed by atoms with E-state index in [1.165, 1.54) is 30.9 Å². The number of hydrogen-bond donors (Lipinski definition) is 4. The van der Waals surface area contributed by atoms with Crippen molar-refractivity contribution >= 4 is 24.0 Å². The minimum atomic E-state index is -0.691. The van der Waals surface area contributed by atoms with Gasteiger partial charge in [0.15, 0.2) is 0 Å². The first kappa shape index (κ1) is 39.9. The molecule has 14 nitrogen and oxygen atoms in total. The van der Waals surface area contributed by atoms with E-state index in [9.17, 15) is 19.2 Å². The van der Waals surface area contributed by atoms with Crippen LogP contribution in [0, 0.1) is 11.8 Å². The van der Waals surface area contributed by atoms with E-state index in [1.807, 2.05) is 49.9 Å². The van der Waals surface area contributed by atoms with Crippen molar-refractivity contribution in [2.45, 2.75) is 95.8 Å². The second kappa shape index (κ2) is 16.4. The maximum atomic E-state index is 13.8. The van der Waals surface area contributed by atoms with Crippen molar-refractivity contribution in [2.75, 3.05) is 27.3 Å². The molecule has 2 saturated heterocycles.